The van der Waals surface area contributed by atoms with Gasteiger partial charge in [0, 0.05) is 28.5 Å². The SMILES string of the molecule is CCNC(=O)[C@@H](Cc1ccccc1)N(Cc1ccc(Br)cc1)C(=O)CN(c1ccc(Br)cc1)S(=O)(=O)c1ccc(C)cc1. The van der Waals surface area contributed by atoms with Gasteiger partial charge >= 0.3 is 0 Å². The maximum absolute atomic E-state index is 14.4. The molecule has 0 aliphatic heterocycles. The number of halogens is 2. The Bertz CT molecular complexity index is 1630. The van der Waals surface area contributed by atoms with E-state index in [-0.39, 0.29) is 23.8 Å². The van der Waals surface area contributed by atoms with Crippen molar-refractivity contribution in [2.45, 2.75) is 37.8 Å². The molecule has 43 heavy (non-hydrogen) atoms. The van der Waals surface area contributed by atoms with E-state index in [0.29, 0.717) is 12.2 Å². The van der Waals surface area contributed by atoms with Crippen LogP contribution in [0.5, 0.6) is 0 Å². The average molecular weight is 728 g/mol. The molecular weight excluding hydrogens is 694 g/mol. The first-order valence-electron chi connectivity index (χ1n) is 13.8. The summed E-state index contributed by atoms with van der Waals surface area (Å²) in [7, 11) is -4.14. The number of aryl methyl sites for hydroxylation is 1. The van der Waals surface area contributed by atoms with Crippen LogP contribution in [0.1, 0.15) is 23.6 Å². The van der Waals surface area contributed by atoms with E-state index in [1.54, 1.807) is 36.4 Å². The van der Waals surface area contributed by atoms with E-state index in [2.05, 4.69) is 37.2 Å². The third kappa shape index (κ3) is 8.55. The highest BCUT2D eigenvalue weighted by Crippen LogP contribution is 2.27. The van der Waals surface area contributed by atoms with Gasteiger partial charge in [-0.05, 0) is 73.5 Å². The monoisotopic (exact) mass is 725 g/mol. The number of hydrogen-bond donors (Lipinski definition) is 1. The standard InChI is InChI=1S/C33H33Br2N3O4S/c1-3-36-33(40)31(21-25-7-5-4-6-8-25)37(22-26-11-13-27(34)14-12-26)32(39)23-38(29-17-15-28(35)16-18-29)43(41,42)30-19-9-24(2)10-20-30/h4-20,31H,3,21-23H2,1-2H3,(H,36,40)/t31-/m1/s1. The third-order valence-corrected chi connectivity index (χ3v) is 9.74. The molecule has 1 atom stereocenters. The first-order chi connectivity index (χ1) is 20.6. The Morgan fingerprint density at radius 2 is 1.37 bits per heavy atom. The number of anilines is 1. The van der Waals surface area contributed by atoms with Crippen LogP contribution in [-0.4, -0.2) is 44.3 Å². The van der Waals surface area contributed by atoms with Gasteiger partial charge in [0.2, 0.25) is 11.8 Å². The fourth-order valence-electron chi connectivity index (χ4n) is 4.61. The van der Waals surface area contributed by atoms with Gasteiger partial charge < -0.3 is 10.2 Å². The summed E-state index contributed by atoms with van der Waals surface area (Å²) in [6.07, 6.45) is 0.262. The molecule has 0 aliphatic carbocycles. The van der Waals surface area contributed by atoms with E-state index in [1.165, 1.54) is 17.0 Å². The Labute approximate surface area is 270 Å². The van der Waals surface area contributed by atoms with Crippen LogP contribution < -0.4 is 9.62 Å². The van der Waals surface area contributed by atoms with Crippen molar-refractivity contribution in [1.82, 2.24) is 10.2 Å². The second kappa shape index (κ2) is 14.8. The maximum Gasteiger partial charge on any atom is 0.264 e. The zero-order valence-electron chi connectivity index (χ0n) is 23.9. The van der Waals surface area contributed by atoms with E-state index in [0.717, 1.165) is 29.9 Å². The van der Waals surface area contributed by atoms with Crippen LogP contribution in [0, 0.1) is 6.92 Å². The Balaban J connectivity index is 1.78. The van der Waals surface area contributed by atoms with Crippen LogP contribution in [0.3, 0.4) is 0 Å². The Morgan fingerprint density at radius 1 is 0.791 bits per heavy atom. The molecule has 4 aromatic carbocycles. The molecule has 0 aromatic heterocycles. The summed E-state index contributed by atoms with van der Waals surface area (Å²) in [4.78, 5) is 29.4. The number of carbonyl (C=O) groups excluding carboxylic acids is 2. The number of nitrogens with one attached hydrogen (secondary N) is 1. The van der Waals surface area contributed by atoms with Crippen molar-refractivity contribution in [2.75, 3.05) is 17.4 Å². The van der Waals surface area contributed by atoms with E-state index in [4.69, 9.17) is 0 Å². The maximum atomic E-state index is 14.4. The number of hydrogen-bond acceptors (Lipinski definition) is 4. The number of amides is 2. The smallest absolute Gasteiger partial charge is 0.264 e. The van der Waals surface area contributed by atoms with Gasteiger partial charge in [-0.3, -0.25) is 13.9 Å². The fraction of sp³-hybridized carbons (Fsp3) is 0.212. The predicted octanol–water partition coefficient (Wildman–Crippen LogP) is 6.49. The minimum absolute atomic E-state index is 0.0674. The number of nitrogens with zero attached hydrogens (tertiary/aromatic N) is 2. The molecule has 4 aromatic rings. The second-order valence-corrected chi connectivity index (χ2v) is 13.7. The topological polar surface area (TPSA) is 86.8 Å². The van der Waals surface area contributed by atoms with Gasteiger partial charge in [-0.1, -0.05) is 92.0 Å². The van der Waals surface area contributed by atoms with E-state index < -0.39 is 28.5 Å². The quantitative estimate of drug-likeness (QED) is 0.181. The van der Waals surface area contributed by atoms with Crippen molar-refractivity contribution >= 4 is 59.4 Å². The molecule has 0 saturated carbocycles. The molecule has 2 amide bonds. The lowest BCUT2D eigenvalue weighted by Gasteiger charge is -2.34. The highest BCUT2D eigenvalue weighted by atomic mass is 79.9. The average Bonchev–Trinajstić information content (AvgIpc) is 3.00. The Hall–Kier alpha value is -3.47. The third-order valence-electron chi connectivity index (χ3n) is 6.89. The lowest BCUT2D eigenvalue weighted by atomic mass is 10.0. The molecule has 0 aliphatic rings. The first-order valence-corrected chi connectivity index (χ1v) is 16.8. The number of rotatable bonds is 12. The summed E-state index contributed by atoms with van der Waals surface area (Å²) in [5.74, 6) is -0.817. The Morgan fingerprint density at radius 3 is 1.95 bits per heavy atom. The first kappa shape index (κ1) is 32.4. The van der Waals surface area contributed by atoms with Crippen molar-refractivity contribution in [3.05, 3.63) is 129 Å². The summed E-state index contributed by atoms with van der Waals surface area (Å²) >= 11 is 6.85. The largest absolute Gasteiger partial charge is 0.355 e. The minimum atomic E-state index is -4.14. The fourth-order valence-corrected chi connectivity index (χ4v) is 6.55. The van der Waals surface area contributed by atoms with Gasteiger partial charge in [-0.2, -0.15) is 0 Å². The van der Waals surface area contributed by atoms with Crippen LogP contribution in [-0.2, 0) is 32.6 Å². The van der Waals surface area contributed by atoms with Crippen LogP contribution in [0.15, 0.2) is 117 Å². The number of sulfonamides is 1. The molecule has 0 fully saturated rings. The van der Waals surface area contributed by atoms with E-state index >= 15 is 0 Å². The van der Waals surface area contributed by atoms with Crippen LogP contribution in [0.25, 0.3) is 0 Å². The highest BCUT2D eigenvalue weighted by Gasteiger charge is 2.34. The van der Waals surface area contributed by atoms with Crippen molar-refractivity contribution in [2.24, 2.45) is 0 Å². The molecular formula is C33H33Br2N3O4S. The zero-order valence-corrected chi connectivity index (χ0v) is 27.9. The zero-order chi connectivity index (χ0) is 31.0. The molecule has 1 N–H and O–H groups in total. The lowest BCUT2D eigenvalue weighted by molar-refractivity contribution is -0.140. The van der Waals surface area contributed by atoms with Gasteiger partial charge in [0.15, 0.2) is 0 Å². The Kier molecular flexibility index (Phi) is 11.2. The van der Waals surface area contributed by atoms with E-state index in [1.807, 2.05) is 68.4 Å². The summed E-state index contributed by atoms with van der Waals surface area (Å²) in [5, 5.41) is 2.87. The molecule has 0 radical (unpaired) electrons. The molecule has 224 valence electrons. The van der Waals surface area contributed by atoms with Crippen molar-refractivity contribution in [3.8, 4) is 0 Å². The summed E-state index contributed by atoms with van der Waals surface area (Å²) < 4.78 is 30.8. The molecule has 7 nitrogen and oxygen atoms in total. The van der Waals surface area contributed by atoms with Gasteiger partial charge in [-0.25, -0.2) is 8.42 Å². The minimum Gasteiger partial charge on any atom is -0.355 e. The van der Waals surface area contributed by atoms with Crippen molar-refractivity contribution in [3.63, 3.8) is 0 Å². The molecule has 0 bridgehead atoms. The molecule has 10 heteroatoms. The molecule has 4 rings (SSSR count). The van der Waals surface area contributed by atoms with Gasteiger partial charge in [0.25, 0.3) is 10.0 Å². The second-order valence-electron chi connectivity index (χ2n) is 10.0. The number of likely N-dealkylation sites (N-methyl/N-ethyl adjacent to an activating group) is 1. The van der Waals surface area contributed by atoms with Crippen LogP contribution in [0.4, 0.5) is 5.69 Å². The van der Waals surface area contributed by atoms with Crippen LogP contribution in [0.2, 0.25) is 0 Å². The molecule has 0 spiro atoms. The molecule has 0 saturated heterocycles. The highest BCUT2D eigenvalue weighted by molar-refractivity contribution is 9.10. The molecule has 0 unspecified atom stereocenters. The summed E-state index contributed by atoms with van der Waals surface area (Å²) in [5.41, 5.74) is 2.93. The van der Waals surface area contributed by atoms with Gasteiger partial charge in [-0.15, -0.1) is 0 Å². The van der Waals surface area contributed by atoms with Gasteiger partial charge in [0.1, 0.15) is 12.6 Å². The number of benzene rings is 4. The van der Waals surface area contributed by atoms with Crippen LogP contribution >= 0.6 is 31.9 Å². The van der Waals surface area contributed by atoms with Crippen molar-refractivity contribution in [1.29, 1.82) is 0 Å². The van der Waals surface area contributed by atoms with Crippen molar-refractivity contribution < 1.29 is 18.0 Å². The van der Waals surface area contributed by atoms with Gasteiger partial charge in [0.05, 0.1) is 10.6 Å². The predicted molar refractivity (Wildman–Crippen MR) is 177 cm³/mol. The number of carbonyl (C=O) groups is 2. The van der Waals surface area contributed by atoms with E-state index in [9.17, 15) is 18.0 Å². The normalized spacial score (nSPS) is 11.9. The summed E-state index contributed by atoms with van der Waals surface area (Å²) in [6.45, 7) is 3.69. The summed E-state index contributed by atoms with van der Waals surface area (Å²) in [6, 6.07) is 29.3. The lowest BCUT2D eigenvalue weighted by Crippen LogP contribution is -2.53. The molecule has 0 heterocycles.